The highest BCUT2D eigenvalue weighted by molar-refractivity contribution is 5.64. The molecular formula is C18H16F3N5O. The van der Waals surface area contributed by atoms with Crippen LogP contribution < -0.4 is 15.4 Å². The summed E-state index contributed by atoms with van der Waals surface area (Å²) < 4.78 is 43.2. The number of aromatic nitrogens is 3. The molecule has 1 aromatic heterocycles. The fraction of sp³-hybridized carbons (Fsp3) is 0.167. The number of benzene rings is 2. The molecule has 0 amide bonds. The van der Waals surface area contributed by atoms with E-state index >= 15 is 0 Å². The molecule has 0 aliphatic carbocycles. The normalized spacial score (nSPS) is 11.1. The summed E-state index contributed by atoms with van der Waals surface area (Å²) in [5.74, 6) is 1.17. The lowest BCUT2D eigenvalue weighted by Crippen LogP contribution is -2.05. The van der Waals surface area contributed by atoms with Gasteiger partial charge in [-0.25, -0.2) is 0 Å². The Bertz CT molecular complexity index is 929. The van der Waals surface area contributed by atoms with E-state index in [-0.39, 0.29) is 5.95 Å². The monoisotopic (exact) mass is 375 g/mol. The predicted octanol–water partition coefficient (Wildman–Crippen LogP) is 4.69. The van der Waals surface area contributed by atoms with Gasteiger partial charge in [-0.05, 0) is 48.9 Å². The highest BCUT2D eigenvalue weighted by Crippen LogP contribution is 2.30. The molecule has 9 heteroatoms. The van der Waals surface area contributed by atoms with Crippen LogP contribution in [-0.4, -0.2) is 22.3 Å². The summed E-state index contributed by atoms with van der Waals surface area (Å²) in [6, 6.07) is 10.2. The van der Waals surface area contributed by atoms with Gasteiger partial charge in [-0.15, -0.1) is 5.10 Å². The number of aryl methyl sites for hydroxylation is 1. The second kappa shape index (κ2) is 7.48. The number of methoxy groups -OCH3 is 1. The smallest absolute Gasteiger partial charge is 0.416 e. The quantitative estimate of drug-likeness (QED) is 0.674. The number of nitrogens with zero attached hydrogens (tertiary/aromatic N) is 3. The van der Waals surface area contributed by atoms with E-state index in [2.05, 4.69) is 25.8 Å². The van der Waals surface area contributed by atoms with Crippen molar-refractivity contribution in [3.63, 3.8) is 0 Å². The van der Waals surface area contributed by atoms with Crippen molar-refractivity contribution in [2.24, 2.45) is 0 Å². The first-order valence-electron chi connectivity index (χ1n) is 7.91. The third kappa shape index (κ3) is 4.63. The van der Waals surface area contributed by atoms with Crippen LogP contribution in [0.4, 0.5) is 36.3 Å². The molecule has 0 saturated carbocycles. The lowest BCUT2D eigenvalue weighted by atomic mass is 10.2. The number of rotatable bonds is 5. The Balaban J connectivity index is 1.77. The van der Waals surface area contributed by atoms with E-state index in [4.69, 9.17) is 4.74 Å². The van der Waals surface area contributed by atoms with E-state index in [1.54, 1.807) is 7.11 Å². The van der Waals surface area contributed by atoms with Crippen LogP contribution in [0.5, 0.6) is 5.75 Å². The van der Waals surface area contributed by atoms with Crippen LogP contribution in [0.15, 0.2) is 48.7 Å². The molecule has 0 bridgehead atoms. The van der Waals surface area contributed by atoms with Gasteiger partial charge in [-0.3, -0.25) is 0 Å². The maximum atomic E-state index is 12.6. The molecule has 0 aliphatic heterocycles. The Hall–Kier alpha value is -3.36. The van der Waals surface area contributed by atoms with Crippen molar-refractivity contribution in [2.75, 3.05) is 17.7 Å². The van der Waals surface area contributed by atoms with Crippen LogP contribution in [0.2, 0.25) is 0 Å². The lowest BCUT2D eigenvalue weighted by Gasteiger charge is -2.12. The minimum atomic E-state index is -4.38. The fourth-order valence-electron chi connectivity index (χ4n) is 2.35. The Morgan fingerprint density at radius 3 is 2.41 bits per heavy atom. The summed E-state index contributed by atoms with van der Waals surface area (Å²) in [6.07, 6.45) is -3.00. The van der Waals surface area contributed by atoms with Gasteiger partial charge in [0, 0.05) is 5.69 Å². The van der Waals surface area contributed by atoms with Crippen LogP contribution in [0, 0.1) is 6.92 Å². The van der Waals surface area contributed by atoms with Crippen molar-refractivity contribution in [3.05, 3.63) is 59.8 Å². The topological polar surface area (TPSA) is 72.0 Å². The molecule has 2 aromatic carbocycles. The standard InChI is InChI=1S/C18H16F3N5O/c1-11-3-8-15(27-2)14(9-11)24-17-25-16(10-22-26-17)23-13-6-4-12(5-7-13)18(19,20)21/h3-10H,1-2H3,(H2,23,24,25,26). The number of hydrogen-bond donors (Lipinski definition) is 2. The molecule has 0 saturated heterocycles. The van der Waals surface area contributed by atoms with E-state index in [9.17, 15) is 13.2 Å². The van der Waals surface area contributed by atoms with Crippen molar-refractivity contribution in [1.82, 2.24) is 15.2 Å². The van der Waals surface area contributed by atoms with Crippen molar-refractivity contribution in [1.29, 1.82) is 0 Å². The second-order valence-electron chi connectivity index (χ2n) is 5.69. The molecule has 3 rings (SSSR count). The Kier molecular flexibility index (Phi) is 5.11. The Morgan fingerprint density at radius 2 is 1.74 bits per heavy atom. The van der Waals surface area contributed by atoms with Crippen LogP contribution in [0.1, 0.15) is 11.1 Å². The molecule has 3 aromatic rings. The zero-order valence-corrected chi connectivity index (χ0v) is 14.5. The molecule has 0 spiro atoms. The zero-order valence-electron chi connectivity index (χ0n) is 14.5. The van der Waals surface area contributed by atoms with E-state index in [0.717, 1.165) is 17.7 Å². The molecule has 1 heterocycles. The number of nitrogens with one attached hydrogen (secondary N) is 2. The van der Waals surface area contributed by atoms with E-state index in [1.807, 2.05) is 25.1 Å². The summed E-state index contributed by atoms with van der Waals surface area (Å²) >= 11 is 0. The Morgan fingerprint density at radius 1 is 1.00 bits per heavy atom. The average molecular weight is 375 g/mol. The van der Waals surface area contributed by atoms with Gasteiger partial charge in [-0.2, -0.15) is 23.3 Å². The minimum absolute atomic E-state index is 0.218. The summed E-state index contributed by atoms with van der Waals surface area (Å²) in [7, 11) is 1.55. The predicted molar refractivity (Wildman–Crippen MR) is 95.6 cm³/mol. The first-order valence-corrected chi connectivity index (χ1v) is 7.91. The van der Waals surface area contributed by atoms with Crippen LogP contribution >= 0.6 is 0 Å². The third-order valence-corrected chi connectivity index (χ3v) is 3.64. The molecule has 0 aliphatic rings. The van der Waals surface area contributed by atoms with Gasteiger partial charge in [0.2, 0.25) is 5.95 Å². The zero-order chi connectivity index (χ0) is 19.4. The van der Waals surface area contributed by atoms with Crippen LogP contribution in [0.25, 0.3) is 0 Å². The second-order valence-corrected chi connectivity index (χ2v) is 5.69. The Labute approximate surface area is 153 Å². The highest BCUT2D eigenvalue weighted by atomic mass is 19.4. The van der Waals surface area contributed by atoms with Gasteiger partial charge < -0.3 is 15.4 Å². The van der Waals surface area contributed by atoms with Crippen molar-refractivity contribution in [2.45, 2.75) is 13.1 Å². The van der Waals surface area contributed by atoms with Gasteiger partial charge in [0.15, 0.2) is 5.82 Å². The molecule has 2 N–H and O–H groups in total. The van der Waals surface area contributed by atoms with E-state index < -0.39 is 11.7 Å². The number of hydrogen-bond acceptors (Lipinski definition) is 6. The van der Waals surface area contributed by atoms with Crippen molar-refractivity contribution < 1.29 is 17.9 Å². The molecule has 27 heavy (non-hydrogen) atoms. The summed E-state index contributed by atoms with van der Waals surface area (Å²) in [6.45, 7) is 1.94. The number of anilines is 4. The number of alkyl halides is 3. The summed E-state index contributed by atoms with van der Waals surface area (Å²) in [4.78, 5) is 4.27. The van der Waals surface area contributed by atoms with Crippen molar-refractivity contribution >= 4 is 23.1 Å². The van der Waals surface area contributed by atoms with E-state index in [1.165, 1.54) is 18.3 Å². The molecule has 140 valence electrons. The lowest BCUT2D eigenvalue weighted by molar-refractivity contribution is -0.137. The van der Waals surface area contributed by atoms with E-state index in [0.29, 0.717) is 22.9 Å². The number of ether oxygens (including phenoxy) is 1. The minimum Gasteiger partial charge on any atom is -0.495 e. The van der Waals surface area contributed by atoms with Crippen molar-refractivity contribution in [3.8, 4) is 5.75 Å². The van der Waals surface area contributed by atoms with Crippen LogP contribution in [-0.2, 0) is 6.18 Å². The molecule has 0 atom stereocenters. The summed E-state index contributed by atoms with van der Waals surface area (Å²) in [5.41, 5.74) is 1.42. The molecular weight excluding hydrogens is 359 g/mol. The SMILES string of the molecule is COc1ccc(C)cc1Nc1nncc(Nc2ccc(C(F)(F)F)cc2)n1. The van der Waals surface area contributed by atoms with Gasteiger partial charge in [0.25, 0.3) is 0 Å². The van der Waals surface area contributed by atoms with Gasteiger partial charge in [-0.1, -0.05) is 6.07 Å². The third-order valence-electron chi connectivity index (χ3n) is 3.64. The van der Waals surface area contributed by atoms with Gasteiger partial charge in [0.1, 0.15) is 5.75 Å². The van der Waals surface area contributed by atoms with Crippen LogP contribution in [0.3, 0.4) is 0 Å². The molecule has 6 nitrogen and oxygen atoms in total. The molecule has 0 unspecified atom stereocenters. The first kappa shape index (κ1) is 18.4. The fourth-order valence-corrected chi connectivity index (χ4v) is 2.35. The maximum Gasteiger partial charge on any atom is 0.416 e. The average Bonchev–Trinajstić information content (AvgIpc) is 2.62. The largest absolute Gasteiger partial charge is 0.495 e. The van der Waals surface area contributed by atoms with Gasteiger partial charge in [0.05, 0.1) is 24.6 Å². The first-order chi connectivity index (χ1) is 12.8. The van der Waals surface area contributed by atoms with Gasteiger partial charge >= 0.3 is 6.18 Å². The summed E-state index contributed by atoms with van der Waals surface area (Å²) in [5, 5.41) is 13.7. The molecule has 0 radical (unpaired) electrons. The highest BCUT2D eigenvalue weighted by Gasteiger charge is 2.29. The maximum absolute atomic E-state index is 12.6. The number of halogens is 3. The molecule has 0 fully saturated rings.